The molecule has 0 radical (unpaired) electrons. The van der Waals surface area contributed by atoms with E-state index in [2.05, 4.69) is 0 Å². The second kappa shape index (κ2) is 6.27. The summed E-state index contributed by atoms with van der Waals surface area (Å²) in [5.41, 5.74) is 0.105. The third-order valence-electron chi connectivity index (χ3n) is 2.49. The van der Waals surface area contributed by atoms with Gasteiger partial charge in [-0.15, -0.1) is 0 Å². The zero-order valence-electron chi connectivity index (χ0n) is 10.8. The van der Waals surface area contributed by atoms with Gasteiger partial charge in [0.2, 0.25) is 5.75 Å². The van der Waals surface area contributed by atoms with Crippen LogP contribution in [0, 0.1) is 28.6 Å². The Morgan fingerprint density at radius 3 is 2.05 bits per heavy atom. The van der Waals surface area contributed by atoms with E-state index < -0.39 is 11.7 Å². The molecule has 0 aromatic heterocycles. The van der Waals surface area contributed by atoms with E-state index >= 15 is 0 Å². The molecule has 1 aromatic carbocycles. The lowest BCUT2D eigenvalue weighted by Gasteiger charge is -2.15. The summed E-state index contributed by atoms with van der Waals surface area (Å²) < 4.78 is 15.3. The Bertz CT molecular complexity index is 555. The lowest BCUT2D eigenvalue weighted by atomic mass is 9.98. The number of nitriles is 2. The molecule has 0 N–H and O–H groups in total. The largest absolute Gasteiger partial charge is 0.493 e. The highest BCUT2D eigenvalue weighted by Crippen LogP contribution is 2.40. The zero-order chi connectivity index (χ0) is 14.4. The smallest absolute Gasteiger partial charge is 0.204 e. The van der Waals surface area contributed by atoms with Crippen molar-refractivity contribution in [3.05, 3.63) is 17.7 Å². The summed E-state index contributed by atoms with van der Waals surface area (Å²) in [5, 5.41) is 17.5. The van der Waals surface area contributed by atoms with E-state index in [9.17, 15) is 4.79 Å². The van der Waals surface area contributed by atoms with E-state index in [0.29, 0.717) is 5.75 Å². The second-order valence-electron chi connectivity index (χ2n) is 3.44. The summed E-state index contributed by atoms with van der Waals surface area (Å²) in [6.45, 7) is 0. The van der Waals surface area contributed by atoms with Crippen molar-refractivity contribution in [2.24, 2.45) is 5.92 Å². The predicted octanol–water partition coefficient (Wildman–Crippen LogP) is 1.56. The van der Waals surface area contributed by atoms with Crippen molar-refractivity contribution in [3.63, 3.8) is 0 Å². The molecule has 0 aliphatic rings. The van der Waals surface area contributed by atoms with Gasteiger partial charge in [-0.05, 0) is 12.1 Å². The van der Waals surface area contributed by atoms with Gasteiger partial charge in [-0.3, -0.25) is 4.79 Å². The Hall–Kier alpha value is -2.73. The fourth-order valence-corrected chi connectivity index (χ4v) is 1.60. The highest BCUT2D eigenvalue weighted by atomic mass is 16.5. The number of carbonyl (C=O) groups excluding carboxylic acids is 1. The monoisotopic (exact) mass is 260 g/mol. The summed E-state index contributed by atoms with van der Waals surface area (Å²) in [4.78, 5) is 12.0. The molecular formula is C13H12N2O4. The maximum absolute atomic E-state index is 12.0. The van der Waals surface area contributed by atoms with Gasteiger partial charge in [0.1, 0.15) is 0 Å². The number of nitrogens with zero attached hydrogens (tertiary/aromatic N) is 2. The molecule has 0 fully saturated rings. The van der Waals surface area contributed by atoms with Gasteiger partial charge in [0.15, 0.2) is 23.2 Å². The Morgan fingerprint density at radius 2 is 1.63 bits per heavy atom. The molecule has 0 aliphatic heterocycles. The van der Waals surface area contributed by atoms with Crippen molar-refractivity contribution < 1.29 is 19.0 Å². The van der Waals surface area contributed by atoms with Gasteiger partial charge in [-0.2, -0.15) is 10.5 Å². The van der Waals surface area contributed by atoms with E-state index in [1.807, 2.05) is 0 Å². The van der Waals surface area contributed by atoms with Crippen LogP contribution in [-0.2, 0) is 0 Å². The maximum Gasteiger partial charge on any atom is 0.204 e. The summed E-state index contributed by atoms with van der Waals surface area (Å²) in [6, 6.07) is 6.21. The van der Waals surface area contributed by atoms with Crippen LogP contribution in [0.5, 0.6) is 17.2 Å². The zero-order valence-corrected chi connectivity index (χ0v) is 10.8. The maximum atomic E-state index is 12.0. The minimum absolute atomic E-state index is 0.105. The molecule has 0 heterocycles. The van der Waals surface area contributed by atoms with Gasteiger partial charge in [0.25, 0.3) is 0 Å². The number of methoxy groups -OCH3 is 3. The summed E-state index contributed by atoms with van der Waals surface area (Å²) in [5.74, 6) is -1.25. The van der Waals surface area contributed by atoms with E-state index in [1.165, 1.54) is 33.5 Å². The number of ether oxygens (including phenoxy) is 3. The fourth-order valence-electron chi connectivity index (χ4n) is 1.60. The van der Waals surface area contributed by atoms with E-state index in [-0.39, 0.29) is 17.1 Å². The van der Waals surface area contributed by atoms with Gasteiger partial charge in [0, 0.05) is 0 Å². The number of ketones is 1. The standard InChI is InChI=1S/C13H12N2O4/c1-17-10-5-4-9(11(16)8(6-14)7-15)12(18-2)13(10)19-3/h4-5,8H,1-3H3. The van der Waals surface area contributed by atoms with Gasteiger partial charge in [-0.25, -0.2) is 0 Å². The first kappa shape index (κ1) is 14.3. The van der Waals surface area contributed by atoms with Crippen LogP contribution < -0.4 is 14.2 Å². The molecule has 98 valence electrons. The van der Waals surface area contributed by atoms with Gasteiger partial charge in [-0.1, -0.05) is 0 Å². The first-order valence-electron chi connectivity index (χ1n) is 5.27. The molecular weight excluding hydrogens is 248 g/mol. The van der Waals surface area contributed by atoms with Gasteiger partial charge in [0.05, 0.1) is 39.0 Å². The molecule has 0 saturated carbocycles. The SMILES string of the molecule is COc1ccc(C(=O)C(C#N)C#N)c(OC)c1OC. The average Bonchev–Trinajstić information content (AvgIpc) is 2.46. The van der Waals surface area contributed by atoms with Crippen LogP contribution in [0.2, 0.25) is 0 Å². The van der Waals surface area contributed by atoms with Crippen molar-refractivity contribution >= 4 is 5.78 Å². The number of Topliss-reactive ketones (excluding diaryl/α,β-unsaturated/α-hetero) is 1. The van der Waals surface area contributed by atoms with Crippen molar-refractivity contribution in [1.29, 1.82) is 10.5 Å². The van der Waals surface area contributed by atoms with Crippen molar-refractivity contribution in [2.45, 2.75) is 0 Å². The van der Waals surface area contributed by atoms with Crippen LogP contribution in [-0.4, -0.2) is 27.1 Å². The Balaban J connectivity index is 3.42. The molecule has 0 bridgehead atoms. The summed E-state index contributed by atoms with van der Waals surface area (Å²) in [6.07, 6.45) is 0. The lowest BCUT2D eigenvalue weighted by molar-refractivity contribution is 0.0967. The van der Waals surface area contributed by atoms with E-state index in [0.717, 1.165) is 0 Å². The molecule has 0 amide bonds. The molecule has 0 unspecified atom stereocenters. The Kier molecular flexibility index (Phi) is 4.73. The fraction of sp³-hybridized carbons (Fsp3) is 0.308. The van der Waals surface area contributed by atoms with Crippen LogP contribution in [0.1, 0.15) is 10.4 Å². The first-order valence-corrected chi connectivity index (χ1v) is 5.27. The molecule has 1 aromatic rings. The minimum atomic E-state index is -1.38. The van der Waals surface area contributed by atoms with Crippen molar-refractivity contribution in [3.8, 4) is 29.4 Å². The normalized spacial score (nSPS) is 9.37. The van der Waals surface area contributed by atoms with Gasteiger partial charge >= 0.3 is 0 Å². The summed E-state index contributed by atoms with van der Waals surface area (Å²) in [7, 11) is 4.22. The molecule has 0 aliphatic carbocycles. The molecule has 1 rings (SSSR count). The number of benzene rings is 1. The second-order valence-corrected chi connectivity index (χ2v) is 3.44. The number of hydrogen-bond donors (Lipinski definition) is 0. The molecule has 6 nitrogen and oxygen atoms in total. The molecule has 6 heteroatoms. The molecule has 0 spiro atoms. The van der Waals surface area contributed by atoms with Crippen LogP contribution in [0.3, 0.4) is 0 Å². The van der Waals surface area contributed by atoms with Crippen molar-refractivity contribution in [2.75, 3.05) is 21.3 Å². The highest BCUT2D eigenvalue weighted by Gasteiger charge is 2.26. The van der Waals surface area contributed by atoms with Gasteiger partial charge < -0.3 is 14.2 Å². The highest BCUT2D eigenvalue weighted by molar-refractivity contribution is 6.04. The minimum Gasteiger partial charge on any atom is -0.493 e. The predicted molar refractivity (Wildman–Crippen MR) is 65.1 cm³/mol. The number of carbonyl (C=O) groups is 1. The summed E-state index contributed by atoms with van der Waals surface area (Å²) >= 11 is 0. The Labute approximate surface area is 110 Å². The van der Waals surface area contributed by atoms with Crippen LogP contribution >= 0.6 is 0 Å². The van der Waals surface area contributed by atoms with E-state index in [4.69, 9.17) is 24.7 Å². The quantitative estimate of drug-likeness (QED) is 0.746. The van der Waals surface area contributed by atoms with Crippen LogP contribution in [0.25, 0.3) is 0 Å². The van der Waals surface area contributed by atoms with Crippen LogP contribution in [0.4, 0.5) is 0 Å². The molecule has 19 heavy (non-hydrogen) atoms. The van der Waals surface area contributed by atoms with Crippen LogP contribution in [0.15, 0.2) is 12.1 Å². The third-order valence-corrected chi connectivity index (χ3v) is 2.49. The lowest BCUT2D eigenvalue weighted by Crippen LogP contribution is -2.13. The molecule has 0 atom stereocenters. The van der Waals surface area contributed by atoms with E-state index in [1.54, 1.807) is 12.1 Å². The third kappa shape index (κ3) is 2.58. The average molecular weight is 260 g/mol. The number of rotatable bonds is 5. The number of hydrogen-bond acceptors (Lipinski definition) is 6. The Morgan fingerprint density at radius 1 is 1.05 bits per heavy atom. The van der Waals surface area contributed by atoms with Crippen molar-refractivity contribution in [1.82, 2.24) is 0 Å². The topological polar surface area (TPSA) is 92.3 Å². The first-order chi connectivity index (χ1) is 9.14. The molecule has 0 saturated heterocycles.